The van der Waals surface area contributed by atoms with Crippen LogP contribution in [0.5, 0.6) is 0 Å². The summed E-state index contributed by atoms with van der Waals surface area (Å²) in [6.45, 7) is 0. The van der Waals surface area contributed by atoms with Gasteiger partial charge in [0.25, 0.3) is 0 Å². The normalized spacial score (nSPS) is 9.75. The van der Waals surface area contributed by atoms with Gasteiger partial charge < -0.3 is 9.84 Å². The van der Waals surface area contributed by atoms with E-state index >= 15 is 0 Å². The third-order valence-electron chi connectivity index (χ3n) is 1.24. The first-order valence-corrected chi connectivity index (χ1v) is 4.12. The lowest BCUT2D eigenvalue weighted by Crippen LogP contribution is -2.11. The highest BCUT2D eigenvalue weighted by Crippen LogP contribution is 2.02. The molecule has 0 saturated carbocycles. The van der Waals surface area contributed by atoms with Crippen LogP contribution in [0.1, 0.15) is 12.8 Å². The second-order valence-corrected chi connectivity index (χ2v) is 2.60. The highest BCUT2D eigenvalue weighted by Gasteiger charge is 2.02. The predicted octanol–water partition coefficient (Wildman–Crippen LogP) is 1.63. The number of carbonyl (C=O) groups excluding carboxylic acids is 1. The molecular formula is C7H9ClN2O2. The predicted molar refractivity (Wildman–Crippen MR) is 45.1 cm³/mol. The number of nitrogens with zero attached hydrogens (tertiary/aromatic N) is 1. The number of rotatable bonds is 4. The molecule has 0 saturated heterocycles. The highest BCUT2D eigenvalue weighted by atomic mass is 35.5. The number of carbonyl (C=O) groups is 1. The summed E-state index contributed by atoms with van der Waals surface area (Å²) >= 11 is 5.41. The van der Waals surface area contributed by atoms with Crippen LogP contribution in [0.3, 0.4) is 0 Å². The van der Waals surface area contributed by atoms with E-state index in [1.807, 2.05) is 0 Å². The van der Waals surface area contributed by atoms with Crippen molar-refractivity contribution in [2.24, 2.45) is 0 Å². The lowest BCUT2D eigenvalue weighted by Gasteiger charge is -1.97. The Morgan fingerprint density at radius 1 is 1.75 bits per heavy atom. The topological polar surface area (TPSA) is 55.1 Å². The summed E-state index contributed by atoms with van der Waals surface area (Å²) in [4.78, 5) is 11.0. The molecule has 0 aromatic carbocycles. The molecule has 0 aliphatic heterocycles. The number of hydrogen-bond donors (Lipinski definition) is 1. The lowest BCUT2D eigenvalue weighted by molar-refractivity contribution is -0.116. The van der Waals surface area contributed by atoms with Crippen molar-refractivity contribution in [1.29, 1.82) is 0 Å². The molecule has 0 aliphatic rings. The van der Waals surface area contributed by atoms with Crippen LogP contribution in [-0.4, -0.2) is 16.9 Å². The van der Waals surface area contributed by atoms with E-state index in [-0.39, 0.29) is 5.91 Å². The van der Waals surface area contributed by atoms with E-state index in [0.717, 1.165) is 0 Å². The average Bonchev–Trinajstić information content (AvgIpc) is 2.53. The molecule has 0 spiro atoms. The van der Waals surface area contributed by atoms with Crippen molar-refractivity contribution in [1.82, 2.24) is 5.16 Å². The summed E-state index contributed by atoms with van der Waals surface area (Å²) in [7, 11) is 0. The fourth-order valence-corrected chi connectivity index (χ4v) is 0.843. The molecule has 66 valence electrons. The van der Waals surface area contributed by atoms with Gasteiger partial charge in [-0.05, 0) is 6.42 Å². The fourth-order valence-electron chi connectivity index (χ4n) is 0.710. The van der Waals surface area contributed by atoms with E-state index in [2.05, 4.69) is 15.0 Å². The molecule has 0 atom stereocenters. The summed E-state index contributed by atoms with van der Waals surface area (Å²) in [5, 5.41) is 6.08. The van der Waals surface area contributed by atoms with Crippen molar-refractivity contribution in [3.8, 4) is 0 Å². The molecule has 5 heteroatoms. The van der Waals surface area contributed by atoms with Gasteiger partial charge in [0.2, 0.25) is 5.91 Å². The molecule has 12 heavy (non-hydrogen) atoms. The molecule has 1 rings (SSSR count). The van der Waals surface area contributed by atoms with Gasteiger partial charge in [0.15, 0.2) is 5.82 Å². The molecular weight excluding hydrogens is 180 g/mol. The van der Waals surface area contributed by atoms with E-state index in [1.165, 1.54) is 6.26 Å². The van der Waals surface area contributed by atoms with Crippen molar-refractivity contribution in [3.63, 3.8) is 0 Å². The Labute approximate surface area is 74.9 Å². The third kappa shape index (κ3) is 2.92. The van der Waals surface area contributed by atoms with Crippen molar-refractivity contribution in [3.05, 3.63) is 12.3 Å². The summed E-state index contributed by atoms with van der Waals surface area (Å²) in [5.41, 5.74) is 0. The molecule has 1 aromatic rings. The number of nitrogens with one attached hydrogen (secondary N) is 1. The largest absolute Gasteiger partial charge is 0.363 e. The second-order valence-electron chi connectivity index (χ2n) is 2.23. The maximum Gasteiger partial charge on any atom is 0.225 e. The molecule has 1 heterocycles. The van der Waals surface area contributed by atoms with Gasteiger partial charge in [-0.1, -0.05) is 5.16 Å². The van der Waals surface area contributed by atoms with Gasteiger partial charge in [0.05, 0.1) is 0 Å². The number of amides is 1. The Kier molecular flexibility index (Phi) is 3.60. The quantitative estimate of drug-likeness (QED) is 0.731. The highest BCUT2D eigenvalue weighted by molar-refractivity contribution is 6.18. The van der Waals surface area contributed by atoms with Crippen LogP contribution >= 0.6 is 11.6 Å². The molecule has 0 radical (unpaired) electrons. The van der Waals surface area contributed by atoms with Crippen LogP contribution in [0.4, 0.5) is 5.82 Å². The zero-order valence-corrected chi connectivity index (χ0v) is 7.17. The van der Waals surface area contributed by atoms with Crippen LogP contribution < -0.4 is 5.32 Å². The second kappa shape index (κ2) is 4.77. The molecule has 4 nitrogen and oxygen atoms in total. The average molecular weight is 189 g/mol. The van der Waals surface area contributed by atoms with Gasteiger partial charge in [0.1, 0.15) is 6.26 Å². The standard InChI is InChI=1S/C7H9ClN2O2/c8-4-1-2-7(11)9-6-3-5-12-10-6/h3,5H,1-2,4H2,(H,9,10,11). The number of hydrogen-bond acceptors (Lipinski definition) is 3. The monoisotopic (exact) mass is 188 g/mol. The molecule has 1 amide bonds. The zero-order valence-electron chi connectivity index (χ0n) is 6.42. The van der Waals surface area contributed by atoms with Gasteiger partial charge in [-0.2, -0.15) is 0 Å². The Bertz CT molecular complexity index is 236. The lowest BCUT2D eigenvalue weighted by atomic mass is 10.3. The van der Waals surface area contributed by atoms with Crippen molar-refractivity contribution >= 4 is 23.3 Å². The minimum atomic E-state index is -0.0930. The Morgan fingerprint density at radius 3 is 3.17 bits per heavy atom. The van der Waals surface area contributed by atoms with Crippen molar-refractivity contribution < 1.29 is 9.32 Å². The summed E-state index contributed by atoms with van der Waals surface area (Å²) < 4.78 is 4.53. The van der Waals surface area contributed by atoms with E-state index in [0.29, 0.717) is 24.5 Å². The molecule has 0 aliphatic carbocycles. The first-order valence-electron chi connectivity index (χ1n) is 3.59. The van der Waals surface area contributed by atoms with E-state index < -0.39 is 0 Å². The molecule has 1 N–H and O–H groups in total. The summed E-state index contributed by atoms with van der Waals surface area (Å²) in [6.07, 6.45) is 2.48. The first kappa shape index (κ1) is 9.06. The maximum absolute atomic E-state index is 11.0. The summed E-state index contributed by atoms with van der Waals surface area (Å²) in [5.74, 6) is 0.839. The Morgan fingerprint density at radius 2 is 2.58 bits per heavy atom. The van der Waals surface area contributed by atoms with Crippen LogP contribution in [0, 0.1) is 0 Å². The van der Waals surface area contributed by atoms with Crippen LogP contribution in [0.15, 0.2) is 16.9 Å². The van der Waals surface area contributed by atoms with Crippen LogP contribution in [-0.2, 0) is 4.79 Å². The number of halogens is 1. The van der Waals surface area contributed by atoms with E-state index in [4.69, 9.17) is 11.6 Å². The molecule has 0 unspecified atom stereocenters. The SMILES string of the molecule is O=C(CCCCl)Nc1ccon1. The minimum Gasteiger partial charge on any atom is -0.363 e. The maximum atomic E-state index is 11.0. The van der Waals surface area contributed by atoms with Crippen molar-refractivity contribution in [2.75, 3.05) is 11.2 Å². The Hall–Kier alpha value is -1.03. The molecule has 0 bridgehead atoms. The Balaban J connectivity index is 2.27. The zero-order chi connectivity index (χ0) is 8.81. The first-order chi connectivity index (χ1) is 5.83. The van der Waals surface area contributed by atoms with Gasteiger partial charge in [-0.3, -0.25) is 4.79 Å². The molecule has 0 fully saturated rings. The smallest absolute Gasteiger partial charge is 0.225 e. The molecule has 1 aromatic heterocycles. The van der Waals surface area contributed by atoms with Gasteiger partial charge in [-0.25, -0.2) is 0 Å². The van der Waals surface area contributed by atoms with E-state index in [9.17, 15) is 4.79 Å². The van der Waals surface area contributed by atoms with Gasteiger partial charge >= 0.3 is 0 Å². The minimum absolute atomic E-state index is 0.0930. The number of alkyl halides is 1. The van der Waals surface area contributed by atoms with Crippen LogP contribution in [0.25, 0.3) is 0 Å². The number of anilines is 1. The van der Waals surface area contributed by atoms with Crippen LogP contribution in [0.2, 0.25) is 0 Å². The van der Waals surface area contributed by atoms with Gasteiger partial charge in [-0.15, -0.1) is 11.6 Å². The summed E-state index contributed by atoms with van der Waals surface area (Å²) in [6, 6.07) is 1.58. The van der Waals surface area contributed by atoms with Crippen molar-refractivity contribution in [2.45, 2.75) is 12.8 Å². The van der Waals surface area contributed by atoms with Gasteiger partial charge in [0, 0.05) is 18.4 Å². The third-order valence-corrected chi connectivity index (χ3v) is 1.51. The fraction of sp³-hybridized carbons (Fsp3) is 0.429. The number of aromatic nitrogens is 1. The van der Waals surface area contributed by atoms with E-state index in [1.54, 1.807) is 6.07 Å².